The maximum Gasteiger partial charge on any atom is 0.411 e. The quantitative estimate of drug-likeness (QED) is 0.596. The zero-order valence-corrected chi connectivity index (χ0v) is 5.46. The van der Waals surface area contributed by atoms with Crippen molar-refractivity contribution < 1.29 is 17.9 Å². The normalized spacial score (nSPS) is 24.0. The molecule has 1 fully saturated rings. The second-order valence-electron chi connectivity index (χ2n) is 2.32. The number of hydrogen-bond acceptors (Lipinski definition) is 2. The fourth-order valence-corrected chi connectivity index (χ4v) is 0.756. The highest BCUT2D eigenvalue weighted by atomic mass is 19.4. The number of likely N-dealkylation sites (N-methyl/N-ethyl adjacent to an activating group) is 1. The van der Waals surface area contributed by atoms with Crippen molar-refractivity contribution in [1.29, 1.82) is 0 Å². The van der Waals surface area contributed by atoms with Gasteiger partial charge in [0.2, 0.25) is 0 Å². The lowest BCUT2D eigenvalue weighted by atomic mass is 9.97. The standard InChI is InChI=1S/C5H8F3NO/c1-9-4(2-10-3-4)5(6,7)8/h9H,2-3H2,1H3. The van der Waals surface area contributed by atoms with Gasteiger partial charge in [-0.25, -0.2) is 0 Å². The summed E-state index contributed by atoms with van der Waals surface area (Å²) in [7, 11) is 1.29. The van der Waals surface area contributed by atoms with Crippen molar-refractivity contribution in [1.82, 2.24) is 5.32 Å². The van der Waals surface area contributed by atoms with E-state index in [1.54, 1.807) is 0 Å². The number of ether oxygens (including phenoxy) is 1. The van der Waals surface area contributed by atoms with E-state index in [-0.39, 0.29) is 13.2 Å². The zero-order chi connectivity index (χ0) is 7.83. The van der Waals surface area contributed by atoms with E-state index in [1.807, 2.05) is 0 Å². The summed E-state index contributed by atoms with van der Waals surface area (Å²) in [5, 5.41) is 2.20. The Labute approximate surface area is 56.4 Å². The first-order chi connectivity index (χ1) is 4.52. The maximum absolute atomic E-state index is 12.0. The second-order valence-corrected chi connectivity index (χ2v) is 2.32. The molecule has 0 unspecified atom stereocenters. The number of halogens is 3. The first kappa shape index (κ1) is 7.81. The van der Waals surface area contributed by atoms with Gasteiger partial charge < -0.3 is 10.1 Å². The third-order valence-electron chi connectivity index (χ3n) is 1.72. The van der Waals surface area contributed by atoms with Crippen molar-refractivity contribution in [3.63, 3.8) is 0 Å². The van der Waals surface area contributed by atoms with Gasteiger partial charge in [0, 0.05) is 0 Å². The summed E-state index contributed by atoms with van der Waals surface area (Å²) in [5.74, 6) is 0. The Hall–Kier alpha value is -0.290. The van der Waals surface area contributed by atoms with Crippen LogP contribution in [0.25, 0.3) is 0 Å². The second kappa shape index (κ2) is 2.10. The highest BCUT2D eigenvalue weighted by Crippen LogP contribution is 2.35. The van der Waals surface area contributed by atoms with Gasteiger partial charge in [0.1, 0.15) is 0 Å². The summed E-state index contributed by atoms with van der Waals surface area (Å²) >= 11 is 0. The van der Waals surface area contributed by atoms with Gasteiger partial charge in [0.25, 0.3) is 0 Å². The SMILES string of the molecule is CNC1(C(F)(F)F)COC1. The minimum atomic E-state index is -4.19. The first-order valence-corrected chi connectivity index (χ1v) is 2.85. The van der Waals surface area contributed by atoms with Gasteiger partial charge in [-0.15, -0.1) is 0 Å². The summed E-state index contributed by atoms with van der Waals surface area (Å²) in [6.45, 7) is -0.542. The minimum Gasteiger partial charge on any atom is -0.377 e. The Morgan fingerprint density at radius 2 is 1.90 bits per heavy atom. The molecule has 1 saturated heterocycles. The van der Waals surface area contributed by atoms with E-state index in [0.29, 0.717) is 0 Å². The lowest BCUT2D eigenvalue weighted by Crippen LogP contribution is -2.68. The van der Waals surface area contributed by atoms with Gasteiger partial charge >= 0.3 is 6.18 Å². The van der Waals surface area contributed by atoms with Gasteiger partial charge in [0.05, 0.1) is 13.2 Å². The molecule has 0 atom stereocenters. The van der Waals surface area contributed by atoms with E-state index >= 15 is 0 Å². The van der Waals surface area contributed by atoms with E-state index in [9.17, 15) is 13.2 Å². The molecule has 1 heterocycles. The average molecular weight is 155 g/mol. The molecule has 1 N–H and O–H groups in total. The van der Waals surface area contributed by atoms with Crippen LogP contribution in [0.1, 0.15) is 0 Å². The van der Waals surface area contributed by atoms with Crippen molar-refractivity contribution in [2.24, 2.45) is 0 Å². The van der Waals surface area contributed by atoms with Crippen LogP contribution in [-0.4, -0.2) is 32.0 Å². The molecule has 0 spiro atoms. The van der Waals surface area contributed by atoms with Gasteiger partial charge in [-0.1, -0.05) is 0 Å². The van der Waals surface area contributed by atoms with E-state index in [1.165, 1.54) is 7.05 Å². The van der Waals surface area contributed by atoms with E-state index < -0.39 is 11.7 Å². The summed E-state index contributed by atoms with van der Waals surface area (Å²) in [5.41, 5.74) is -1.77. The number of nitrogens with one attached hydrogen (secondary N) is 1. The maximum atomic E-state index is 12.0. The molecule has 0 saturated carbocycles. The highest BCUT2D eigenvalue weighted by Gasteiger charge is 2.59. The van der Waals surface area contributed by atoms with Gasteiger partial charge in [-0.3, -0.25) is 0 Å². The topological polar surface area (TPSA) is 21.3 Å². The van der Waals surface area contributed by atoms with Crippen LogP contribution >= 0.6 is 0 Å². The largest absolute Gasteiger partial charge is 0.411 e. The van der Waals surface area contributed by atoms with Crippen LogP contribution in [0, 0.1) is 0 Å². The Kier molecular flexibility index (Phi) is 1.64. The van der Waals surface area contributed by atoms with Crippen molar-refractivity contribution >= 4 is 0 Å². The molecule has 0 radical (unpaired) electrons. The zero-order valence-electron chi connectivity index (χ0n) is 5.46. The van der Waals surface area contributed by atoms with Crippen molar-refractivity contribution in [2.45, 2.75) is 11.7 Å². The molecule has 0 amide bonds. The first-order valence-electron chi connectivity index (χ1n) is 2.85. The third-order valence-corrected chi connectivity index (χ3v) is 1.72. The van der Waals surface area contributed by atoms with Crippen LogP contribution in [0.15, 0.2) is 0 Å². The van der Waals surface area contributed by atoms with Crippen LogP contribution in [0.2, 0.25) is 0 Å². The Morgan fingerprint density at radius 3 is 1.90 bits per heavy atom. The van der Waals surface area contributed by atoms with Gasteiger partial charge in [-0.2, -0.15) is 13.2 Å². The molecule has 0 bridgehead atoms. The molecule has 0 aromatic rings. The molecular formula is C5H8F3NO. The number of rotatable bonds is 1. The molecule has 1 aliphatic heterocycles. The van der Waals surface area contributed by atoms with Crippen LogP contribution in [0.5, 0.6) is 0 Å². The molecule has 1 rings (SSSR count). The fourth-order valence-electron chi connectivity index (χ4n) is 0.756. The van der Waals surface area contributed by atoms with Crippen LogP contribution in [0.3, 0.4) is 0 Å². The minimum absolute atomic E-state index is 0.271. The molecule has 0 aromatic heterocycles. The highest BCUT2D eigenvalue weighted by molar-refractivity contribution is 4.99. The summed E-state index contributed by atoms with van der Waals surface area (Å²) in [6.07, 6.45) is -4.19. The fraction of sp³-hybridized carbons (Fsp3) is 1.00. The van der Waals surface area contributed by atoms with Crippen molar-refractivity contribution in [3.8, 4) is 0 Å². The summed E-state index contributed by atoms with van der Waals surface area (Å²) in [4.78, 5) is 0. The molecule has 2 nitrogen and oxygen atoms in total. The van der Waals surface area contributed by atoms with E-state index in [4.69, 9.17) is 0 Å². The molecule has 0 aromatic carbocycles. The van der Waals surface area contributed by atoms with Crippen LogP contribution in [0.4, 0.5) is 13.2 Å². The predicted molar refractivity (Wildman–Crippen MR) is 28.7 cm³/mol. The van der Waals surface area contributed by atoms with Crippen molar-refractivity contribution in [2.75, 3.05) is 20.3 Å². The smallest absolute Gasteiger partial charge is 0.377 e. The molecule has 5 heteroatoms. The van der Waals surface area contributed by atoms with Crippen molar-refractivity contribution in [3.05, 3.63) is 0 Å². The lowest BCUT2D eigenvalue weighted by Gasteiger charge is -2.42. The predicted octanol–water partition coefficient (Wildman–Crippen LogP) is 0.537. The van der Waals surface area contributed by atoms with Crippen LogP contribution in [-0.2, 0) is 4.74 Å². The monoisotopic (exact) mass is 155 g/mol. The molecule has 1 aliphatic rings. The molecule has 60 valence electrons. The third kappa shape index (κ3) is 0.894. The van der Waals surface area contributed by atoms with Crippen LogP contribution < -0.4 is 5.32 Å². The molecule has 10 heavy (non-hydrogen) atoms. The Balaban J connectivity index is 2.65. The number of hydrogen-bond donors (Lipinski definition) is 1. The summed E-state index contributed by atoms with van der Waals surface area (Å²) in [6, 6.07) is 0. The van der Waals surface area contributed by atoms with Gasteiger partial charge in [-0.05, 0) is 7.05 Å². The summed E-state index contributed by atoms with van der Waals surface area (Å²) < 4.78 is 40.5. The molecular weight excluding hydrogens is 147 g/mol. The Bertz CT molecular complexity index is 124. The van der Waals surface area contributed by atoms with Gasteiger partial charge in [0.15, 0.2) is 5.54 Å². The van der Waals surface area contributed by atoms with E-state index in [2.05, 4.69) is 10.1 Å². The van der Waals surface area contributed by atoms with E-state index in [0.717, 1.165) is 0 Å². The average Bonchev–Trinajstić information content (AvgIpc) is 1.58. The lowest BCUT2D eigenvalue weighted by molar-refractivity contribution is -0.265. The number of alkyl halides is 3. The molecule has 0 aliphatic carbocycles. The Morgan fingerprint density at radius 1 is 1.40 bits per heavy atom.